The van der Waals surface area contributed by atoms with Gasteiger partial charge in [-0.3, -0.25) is 14.9 Å². The Labute approximate surface area is 155 Å². The maximum atomic E-state index is 12.6. The van der Waals surface area contributed by atoms with Gasteiger partial charge in [0, 0.05) is 17.8 Å². The lowest BCUT2D eigenvalue weighted by molar-refractivity contribution is -0.384. The molecule has 0 aromatic heterocycles. The average Bonchev–Trinajstić information content (AvgIpc) is 2.94. The van der Waals surface area contributed by atoms with Crippen molar-refractivity contribution < 1.29 is 22.9 Å². The summed E-state index contributed by atoms with van der Waals surface area (Å²) in [7, 11) is -3.82. The molecule has 0 fully saturated rings. The number of anilines is 1. The molecule has 0 saturated carbocycles. The topological polar surface area (TPSA) is 133 Å². The van der Waals surface area contributed by atoms with Crippen LogP contribution in [0.3, 0.4) is 0 Å². The van der Waals surface area contributed by atoms with Crippen molar-refractivity contribution in [2.24, 2.45) is 5.14 Å². The number of nitro benzene ring substituents is 1. The largest absolute Gasteiger partial charge is 0.483 e. The van der Waals surface area contributed by atoms with Crippen LogP contribution in [-0.2, 0) is 21.2 Å². The first-order valence-electron chi connectivity index (χ1n) is 8.02. The fourth-order valence-electron chi connectivity index (χ4n) is 3.07. The van der Waals surface area contributed by atoms with E-state index < -0.39 is 14.9 Å². The summed E-state index contributed by atoms with van der Waals surface area (Å²) in [4.78, 5) is 24.4. The molecule has 0 radical (unpaired) electrons. The number of benzene rings is 2. The van der Waals surface area contributed by atoms with Crippen molar-refractivity contribution in [3.05, 3.63) is 58.1 Å². The van der Waals surface area contributed by atoms with E-state index in [1.807, 2.05) is 6.92 Å². The molecule has 9 nitrogen and oxygen atoms in total. The number of rotatable bonds is 5. The van der Waals surface area contributed by atoms with Gasteiger partial charge >= 0.3 is 0 Å². The number of fused-ring (bicyclic) bond motifs is 1. The first-order chi connectivity index (χ1) is 12.7. The van der Waals surface area contributed by atoms with E-state index >= 15 is 0 Å². The predicted octanol–water partition coefficient (Wildman–Crippen LogP) is 1.60. The Balaban J connectivity index is 1.77. The van der Waals surface area contributed by atoms with E-state index in [1.54, 1.807) is 6.07 Å². The van der Waals surface area contributed by atoms with Crippen molar-refractivity contribution in [3.63, 3.8) is 0 Å². The molecule has 0 spiro atoms. The smallest absolute Gasteiger partial charge is 0.273 e. The van der Waals surface area contributed by atoms with Gasteiger partial charge in [0.05, 0.1) is 15.9 Å². The van der Waals surface area contributed by atoms with Crippen molar-refractivity contribution >= 4 is 27.3 Å². The van der Waals surface area contributed by atoms with Gasteiger partial charge in [0.2, 0.25) is 10.0 Å². The molecule has 27 heavy (non-hydrogen) atoms. The molecule has 2 aromatic rings. The Hall–Kier alpha value is -2.98. The molecule has 0 aliphatic carbocycles. The number of nitrogens with two attached hydrogens (primary N) is 1. The molecule has 1 amide bonds. The average molecular weight is 391 g/mol. The monoisotopic (exact) mass is 391 g/mol. The van der Waals surface area contributed by atoms with E-state index in [0.29, 0.717) is 17.7 Å². The summed E-state index contributed by atoms with van der Waals surface area (Å²) in [6.07, 6.45) is 0.487. The quantitative estimate of drug-likeness (QED) is 0.608. The number of hydrogen-bond acceptors (Lipinski definition) is 6. The van der Waals surface area contributed by atoms with Crippen molar-refractivity contribution in [1.82, 2.24) is 0 Å². The van der Waals surface area contributed by atoms with Crippen LogP contribution in [0.1, 0.15) is 12.5 Å². The summed E-state index contributed by atoms with van der Waals surface area (Å²) < 4.78 is 28.4. The normalized spacial score (nSPS) is 16.1. The Morgan fingerprint density at radius 3 is 2.74 bits per heavy atom. The van der Waals surface area contributed by atoms with Gasteiger partial charge in [-0.1, -0.05) is 6.07 Å². The van der Waals surface area contributed by atoms with Gasteiger partial charge < -0.3 is 9.64 Å². The Bertz CT molecular complexity index is 1020. The molecular weight excluding hydrogens is 374 g/mol. The van der Waals surface area contributed by atoms with Crippen LogP contribution in [0.5, 0.6) is 5.75 Å². The van der Waals surface area contributed by atoms with E-state index in [2.05, 4.69) is 0 Å². The third-order valence-corrected chi connectivity index (χ3v) is 5.17. The Morgan fingerprint density at radius 1 is 1.33 bits per heavy atom. The number of carbonyl (C=O) groups excluding carboxylic acids is 1. The number of nitrogens with zero attached hydrogens (tertiary/aromatic N) is 2. The lowest BCUT2D eigenvalue weighted by atomic mass is 10.1. The molecule has 0 saturated heterocycles. The van der Waals surface area contributed by atoms with Crippen LogP contribution in [0.25, 0.3) is 0 Å². The molecule has 1 unspecified atom stereocenters. The highest BCUT2D eigenvalue weighted by atomic mass is 32.2. The number of hydrogen-bond donors (Lipinski definition) is 1. The summed E-state index contributed by atoms with van der Waals surface area (Å²) in [6, 6.07) is 9.76. The van der Waals surface area contributed by atoms with Gasteiger partial charge in [-0.2, -0.15) is 0 Å². The standard InChI is InChI=1S/C17H17N3O6S/c1-11-7-12-8-15(27(18,24)25)5-6-16(12)19(11)17(21)10-26-14-4-2-3-13(9-14)20(22)23/h2-6,8-9,11H,7,10H2,1H3,(H2,18,24,25). The van der Waals surface area contributed by atoms with Crippen LogP contribution < -0.4 is 14.8 Å². The molecule has 1 heterocycles. The number of non-ortho nitro benzene ring substituents is 1. The van der Waals surface area contributed by atoms with Gasteiger partial charge in [-0.15, -0.1) is 0 Å². The molecule has 2 aromatic carbocycles. The molecule has 1 aliphatic heterocycles. The zero-order chi connectivity index (χ0) is 19.8. The summed E-state index contributed by atoms with van der Waals surface area (Å²) in [6.45, 7) is 1.53. The van der Waals surface area contributed by atoms with Gasteiger partial charge in [0.15, 0.2) is 6.61 Å². The summed E-state index contributed by atoms with van der Waals surface area (Å²) in [5, 5.41) is 16.0. The van der Waals surface area contributed by atoms with Gasteiger partial charge in [-0.05, 0) is 43.2 Å². The van der Waals surface area contributed by atoms with Crippen molar-refractivity contribution in [3.8, 4) is 5.75 Å². The highest BCUT2D eigenvalue weighted by molar-refractivity contribution is 7.89. The molecule has 142 valence electrons. The van der Waals surface area contributed by atoms with Crippen LogP contribution in [0.4, 0.5) is 11.4 Å². The third kappa shape index (κ3) is 3.91. The lowest BCUT2D eigenvalue weighted by Crippen LogP contribution is -2.39. The second kappa shape index (κ2) is 6.97. The third-order valence-electron chi connectivity index (χ3n) is 4.25. The fourth-order valence-corrected chi connectivity index (χ4v) is 3.63. The number of sulfonamides is 1. The summed E-state index contributed by atoms with van der Waals surface area (Å²) >= 11 is 0. The van der Waals surface area contributed by atoms with Crippen molar-refractivity contribution in [1.29, 1.82) is 0 Å². The van der Waals surface area contributed by atoms with E-state index in [4.69, 9.17) is 9.88 Å². The number of carbonyl (C=O) groups is 1. The van der Waals surface area contributed by atoms with E-state index in [-0.39, 0.29) is 34.9 Å². The second-order valence-electron chi connectivity index (χ2n) is 6.20. The molecule has 1 aliphatic rings. The minimum absolute atomic E-state index is 0.00408. The number of ether oxygens (including phenoxy) is 1. The fraction of sp³-hybridized carbons (Fsp3) is 0.235. The second-order valence-corrected chi connectivity index (χ2v) is 7.76. The number of nitro groups is 1. The first-order valence-corrected chi connectivity index (χ1v) is 9.56. The minimum Gasteiger partial charge on any atom is -0.483 e. The van der Waals surface area contributed by atoms with E-state index in [9.17, 15) is 23.3 Å². The first kappa shape index (κ1) is 18.8. The molecule has 10 heteroatoms. The van der Waals surface area contributed by atoms with Gasteiger partial charge in [0.1, 0.15) is 5.75 Å². The van der Waals surface area contributed by atoms with Crippen molar-refractivity contribution in [2.45, 2.75) is 24.3 Å². The highest BCUT2D eigenvalue weighted by Crippen LogP contribution is 2.33. The highest BCUT2D eigenvalue weighted by Gasteiger charge is 2.32. The van der Waals surface area contributed by atoms with Crippen molar-refractivity contribution in [2.75, 3.05) is 11.5 Å². The van der Waals surface area contributed by atoms with Crippen LogP contribution in [-0.4, -0.2) is 31.9 Å². The zero-order valence-corrected chi connectivity index (χ0v) is 15.2. The number of amides is 1. The molecule has 1 atom stereocenters. The van der Waals surface area contributed by atoms with Gasteiger partial charge in [-0.25, -0.2) is 13.6 Å². The molecule has 0 bridgehead atoms. The van der Waals surface area contributed by atoms with Crippen LogP contribution in [0.15, 0.2) is 47.4 Å². The minimum atomic E-state index is -3.82. The lowest BCUT2D eigenvalue weighted by Gasteiger charge is -2.22. The van der Waals surface area contributed by atoms with E-state index in [1.165, 1.54) is 41.3 Å². The van der Waals surface area contributed by atoms with Crippen LogP contribution >= 0.6 is 0 Å². The maximum Gasteiger partial charge on any atom is 0.273 e. The van der Waals surface area contributed by atoms with Crippen LogP contribution in [0, 0.1) is 10.1 Å². The number of primary sulfonamides is 1. The Kier molecular flexibility index (Phi) is 4.85. The maximum absolute atomic E-state index is 12.6. The van der Waals surface area contributed by atoms with Gasteiger partial charge in [0.25, 0.3) is 11.6 Å². The predicted molar refractivity (Wildman–Crippen MR) is 97.1 cm³/mol. The Morgan fingerprint density at radius 2 is 2.07 bits per heavy atom. The summed E-state index contributed by atoms with van der Waals surface area (Å²) in [5.74, 6) is -0.120. The summed E-state index contributed by atoms with van der Waals surface area (Å²) in [5.41, 5.74) is 1.18. The molecule has 2 N–H and O–H groups in total. The molecule has 3 rings (SSSR count). The SMILES string of the molecule is CC1Cc2cc(S(N)(=O)=O)ccc2N1C(=O)COc1cccc([N+](=O)[O-])c1. The molecular formula is C17H17N3O6S. The van der Waals surface area contributed by atoms with E-state index in [0.717, 1.165) is 0 Å². The van der Waals surface area contributed by atoms with Crippen LogP contribution in [0.2, 0.25) is 0 Å². The zero-order valence-electron chi connectivity index (χ0n) is 14.4.